The van der Waals surface area contributed by atoms with Crippen molar-refractivity contribution in [1.29, 1.82) is 0 Å². The molecule has 0 bridgehead atoms. The molecule has 2 amide bonds. The Morgan fingerprint density at radius 3 is 2.16 bits per heavy atom. The monoisotopic (exact) mass is 268 g/mol. The average molecular weight is 268 g/mol. The number of carbonyl (C=O) groups is 3. The van der Waals surface area contributed by atoms with Gasteiger partial charge in [-0.2, -0.15) is 0 Å². The maximum Gasteiger partial charge on any atom is 0.323 e. The topological polar surface area (TPSA) is 77.9 Å². The Hall–Kier alpha value is -1.59. The van der Waals surface area contributed by atoms with E-state index in [0.717, 1.165) is 12.8 Å². The van der Waals surface area contributed by atoms with Crippen molar-refractivity contribution in [2.45, 2.75) is 38.6 Å². The lowest BCUT2D eigenvalue weighted by Crippen LogP contribution is -2.46. The van der Waals surface area contributed by atoms with E-state index in [2.05, 4.69) is 0 Å². The standard InChI is InChI=1S/C13H20N2O4/c1-9(16)14-6-4-10(5-7-14)13(19)15(8-12(17)18)11-2-3-11/h10-11H,2-8H2,1H3,(H,17,18). The van der Waals surface area contributed by atoms with Crippen molar-refractivity contribution >= 4 is 17.8 Å². The van der Waals surface area contributed by atoms with Crippen LogP contribution in [-0.4, -0.2) is 58.4 Å². The molecule has 0 aromatic carbocycles. The van der Waals surface area contributed by atoms with Gasteiger partial charge in [0.25, 0.3) is 0 Å². The van der Waals surface area contributed by atoms with E-state index in [1.807, 2.05) is 0 Å². The molecule has 0 radical (unpaired) electrons. The van der Waals surface area contributed by atoms with Crippen LogP contribution < -0.4 is 0 Å². The van der Waals surface area contributed by atoms with Gasteiger partial charge in [-0.05, 0) is 25.7 Å². The molecule has 19 heavy (non-hydrogen) atoms. The molecular formula is C13H20N2O4. The number of nitrogens with zero attached hydrogens (tertiary/aromatic N) is 2. The van der Waals surface area contributed by atoms with E-state index in [9.17, 15) is 14.4 Å². The fourth-order valence-electron chi connectivity index (χ4n) is 2.59. The summed E-state index contributed by atoms with van der Waals surface area (Å²) in [4.78, 5) is 37.6. The Balaban J connectivity index is 1.91. The van der Waals surface area contributed by atoms with Gasteiger partial charge in [-0.1, -0.05) is 0 Å². The summed E-state index contributed by atoms with van der Waals surface area (Å²) in [5.74, 6) is -1.10. The number of carbonyl (C=O) groups excluding carboxylic acids is 2. The first-order valence-electron chi connectivity index (χ1n) is 6.77. The number of likely N-dealkylation sites (tertiary alicyclic amines) is 1. The van der Waals surface area contributed by atoms with Gasteiger partial charge < -0.3 is 14.9 Å². The molecule has 6 nitrogen and oxygen atoms in total. The molecule has 106 valence electrons. The minimum atomic E-state index is -0.957. The van der Waals surface area contributed by atoms with Gasteiger partial charge in [0.1, 0.15) is 6.54 Å². The molecule has 0 atom stereocenters. The number of carboxylic acid groups (broad SMARTS) is 1. The maximum atomic E-state index is 12.4. The molecule has 1 aliphatic carbocycles. The average Bonchev–Trinajstić information content (AvgIpc) is 3.19. The van der Waals surface area contributed by atoms with E-state index in [-0.39, 0.29) is 30.3 Å². The van der Waals surface area contributed by atoms with Gasteiger partial charge in [-0.15, -0.1) is 0 Å². The Bertz CT molecular complexity index is 384. The summed E-state index contributed by atoms with van der Waals surface area (Å²) in [5.41, 5.74) is 0. The maximum absolute atomic E-state index is 12.4. The predicted octanol–water partition coefficient (Wildman–Crippen LogP) is 0.321. The number of hydrogen-bond acceptors (Lipinski definition) is 3. The molecule has 0 spiro atoms. The zero-order valence-electron chi connectivity index (χ0n) is 11.2. The van der Waals surface area contributed by atoms with Crippen LogP contribution in [0, 0.1) is 5.92 Å². The summed E-state index contributed by atoms with van der Waals surface area (Å²) >= 11 is 0. The van der Waals surface area contributed by atoms with Crippen LogP contribution in [0.25, 0.3) is 0 Å². The van der Waals surface area contributed by atoms with Crippen LogP contribution in [-0.2, 0) is 14.4 Å². The second-order valence-electron chi connectivity index (χ2n) is 5.37. The summed E-state index contributed by atoms with van der Waals surface area (Å²) in [7, 11) is 0. The van der Waals surface area contributed by atoms with Crippen LogP contribution in [0.5, 0.6) is 0 Å². The molecule has 2 rings (SSSR count). The summed E-state index contributed by atoms with van der Waals surface area (Å²) in [6, 6.07) is 0.120. The lowest BCUT2D eigenvalue weighted by atomic mass is 9.95. The van der Waals surface area contributed by atoms with Crippen LogP contribution >= 0.6 is 0 Å². The van der Waals surface area contributed by atoms with Gasteiger partial charge in [0, 0.05) is 32.0 Å². The fourth-order valence-corrected chi connectivity index (χ4v) is 2.59. The second kappa shape index (κ2) is 5.59. The first-order valence-corrected chi connectivity index (χ1v) is 6.77. The summed E-state index contributed by atoms with van der Waals surface area (Å²) in [6.45, 7) is 2.52. The number of amides is 2. The number of piperidine rings is 1. The first kappa shape index (κ1) is 13.8. The lowest BCUT2D eigenvalue weighted by molar-refractivity contribution is -0.148. The molecule has 2 fully saturated rings. The Morgan fingerprint density at radius 2 is 1.74 bits per heavy atom. The molecule has 1 saturated carbocycles. The van der Waals surface area contributed by atoms with Crippen LogP contribution in [0.2, 0.25) is 0 Å². The molecule has 6 heteroatoms. The molecule has 1 saturated heterocycles. The van der Waals surface area contributed by atoms with E-state index in [0.29, 0.717) is 25.9 Å². The second-order valence-corrected chi connectivity index (χ2v) is 5.37. The highest BCUT2D eigenvalue weighted by atomic mass is 16.4. The highest BCUT2D eigenvalue weighted by molar-refractivity contribution is 5.84. The fraction of sp³-hybridized carbons (Fsp3) is 0.769. The van der Waals surface area contributed by atoms with Crippen molar-refractivity contribution in [3.05, 3.63) is 0 Å². The zero-order chi connectivity index (χ0) is 14.0. The van der Waals surface area contributed by atoms with E-state index in [1.165, 1.54) is 11.8 Å². The van der Waals surface area contributed by atoms with E-state index >= 15 is 0 Å². The quantitative estimate of drug-likeness (QED) is 0.796. The summed E-state index contributed by atoms with van der Waals surface area (Å²) < 4.78 is 0. The molecule has 0 unspecified atom stereocenters. The molecule has 2 aliphatic rings. The number of aliphatic carboxylic acids is 1. The first-order chi connectivity index (χ1) is 8.99. The number of rotatable bonds is 4. The third-order valence-electron chi connectivity index (χ3n) is 3.87. The third-order valence-corrected chi connectivity index (χ3v) is 3.87. The smallest absolute Gasteiger partial charge is 0.323 e. The van der Waals surface area contributed by atoms with Crippen LogP contribution in [0.15, 0.2) is 0 Å². The molecule has 1 aliphatic heterocycles. The van der Waals surface area contributed by atoms with Crippen molar-refractivity contribution < 1.29 is 19.5 Å². The van der Waals surface area contributed by atoms with Gasteiger partial charge in [0.15, 0.2) is 0 Å². The molecule has 1 heterocycles. The molecular weight excluding hydrogens is 248 g/mol. The Labute approximate surface area is 112 Å². The van der Waals surface area contributed by atoms with Gasteiger partial charge in [0.2, 0.25) is 11.8 Å². The predicted molar refractivity (Wildman–Crippen MR) is 67.3 cm³/mol. The number of carboxylic acids is 1. The Kier molecular flexibility index (Phi) is 4.07. The minimum Gasteiger partial charge on any atom is -0.480 e. The van der Waals surface area contributed by atoms with Crippen molar-refractivity contribution in [1.82, 2.24) is 9.80 Å². The highest BCUT2D eigenvalue weighted by Gasteiger charge is 2.38. The van der Waals surface area contributed by atoms with Gasteiger partial charge in [-0.3, -0.25) is 14.4 Å². The lowest BCUT2D eigenvalue weighted by Gasteiger charge is -2.33. The SMILES string of the molecule is CC(=O)N1CCC(C(=O)N(CC(=O)O)C2CC2)CC1. The highest BCUT2D eigenvalue weighted by Crippen LogP contribution is 2.30. The Morgan fingerprint density at radius 1 is 1.16 bits per heavy atom. The van der Waals surface area contributed by atoms with Crippen molar-refractivity contribution in [3.8, 4) is 0 Å². The minimum absolute atomic E-state index is 0.0375. The molecule has 0 aromatic rings. The van der Waals surface area contributed by atoms with Crippen LogP contribution in [0.4, 0.5) is 0 Å². The number of hydrogen-bond donors (Lipinski definition) is 1. The van der Waals surface area contributed by atoms with Crippen molar-refractivity contribution in [2.24, 2.45) is 5.92 Å². The third kappa shape index (κ3) is 3.45. The van der Waals surface area contributed by atoms with Gasteiger partial charge >= 0.3 is 5.97 Å². The largest absolute Gasteiger partial charge is 0.480 e. The molecule has 0 aromatic heterocycles. The van der Waals surface area contributed by atoms with Crippen molar-refractivity contribution in [2.75, 3.05) is 19.6 Å². The summed E-state index contributed by atoms with van der Waals surface area (Å²) in [6.07, 6.45) is 3.10. The van der Waals surface area contributed by atoms with E-state index in [1.54, 1.807) is 4.90 Å². The van der Waals surface area contributed by atoms with Crippen molar-refractivity contribution in [3.63, 3.8) is 0 Å². The van der Waals surface area contributed by atoms with Gasteiger partial charge in [0.05, 0.1) is 0 Å². The van der Waals surface area contributed by atoms with E-state index in [4.69, 9.17) is 5.11 Å². The van der Waals surface area contributed by atoms with E-state index < -0.39 is 5.97 Å². The summed E-state index contributed by atoms with van der Waals surface area (Å²) in [5, 5.41) is 8.88. The normalized spacial score (nSPS) is 20.2. The van der Waals surface area contributed by atoms with Crippen LogP contribution in [0.3, 0.4) is 0 Å². The molecule has 1 N–H and O–H groups in total. The van der Waals surface area contributed by atoms with Crippen LogP contribution in [0.1, 0.15) is 32.6 Å². The van der Waals surface area contributed by atoms with Gasteiger partial charge in [-0.25, -0.2) is 0 Å². The zero-order valence-corrected chi connectivity index (χ0v) is 11.2.